The van der Waals surface area contributed by atoms with Crippen molar-refractivity contribution < 1.29 is 23.9 Å². The first kappa shape index (κ1) is 17.1. The highest BCUT2D eigenvalue weighted by atomic mass is 35.5. The molecule has 8 nitrogen and oxygen atoms in total. The second kappa shape index (κ2) is 5.96. The zero-order chi connectivity index (χ0) is 18.5. The third-order valence-electron chi connectivity index (χ3n) is 4.18. The Morgan fingerprint density at radius 2 is 1.92 bits per heavy atom. The van der Waals surface area contributed by atoms with E-state index in [9.17, 15) is 19.2 Å². The molecule has 3 amide bonds. The van der Waals surface area contributed by atoms with E-state index in [-0.39, 0.29) is 11.4 Å². The molecule has 0 aromatic heterocycles. The molecular weight excluding hydrogens is 350 g/mol. The number of hydrogen-bond acceptors (Lipinski definition) is 6. The third-order valence-corrected chi connectivity index (χ3v) is 4.59. The van der Waals surface area contributed by atoms with E-state index in [0.717, 1.165) is 22.6 Å². The maximum Gasteiger partial charge on any atom is 0.355 e. The molecule has 0 unspecified atom stereocenters. The van der Waals surface area contributed by atoms with Crippen molar-refractivity contribution in [1.82, 2.24) is 5.01 Å². The van der Waals surface area contributed by atoms with Gasteiger partial charge in [0.1, 0.15) is 5.92 Å². The van der Waals surface area contributed by atoms with Crippen LogP contribution in [0.1, 0.15) is 12.5 Å². The number of ether oxygens (including phenoxy) is 1. The molecule has 2 atom stereocenters. The van der Waals surface area contributed by atoms with Gasteiger partial charge in [0.25, 0.3) is 5.91 Å². The minimum atomic E-state index is -1.20. The van der Waals surface area contributed by atoms with E-state index in [1.54, 1.807) is 19.1 Å². The Labute approximate surface area is 148 Å². The van der Waals surface area contributed by atoms with Gasteiger partial charge < -0.3 is 4.74 Å². The lowest BCUT2D eigenvalue weighted by Gasteiger charge is -2.19. The Bertz CT molecular complexity index is 850. The summed E-state index contributed by atoms with van der Waals surface area (Å²) in [5.41, 5.74) is 0.793. The molecule has 0 bridgehead atoms. The van der Waals surface area contributed by atoms with Crippen LogP contribution in [0.4, 0.5) is 5.69 Å². The zero-order valence-corrected chi connectivity index (χ0v) is 14.4. The van der Waals surface area contributed by atoms with Gasteiger partial charge in [-0.25, -0.2) is 14.7 Å². The highest BCUT2D eigenvalue weighted by molar-refractivity contribution is 6.47. The average molecular weight is 364 g/mol. The van der Waals surface area contributed by atoms with E-state index in [2.05, 4.69) is 9.84 Å². The minimum absolute atomic E-state index is 0.262. The number of aryl methyl sites for hydroxylation is 1. The van der Waals surface area contributed by atoms with Crippen molar-refractivity contribution in [1.29, 1.82) is 0 Å². The van der Waals surface area contributed by atoms with Crippen LogP contribution in [0.25, 0.3) is 0 Å². The minimum Gasteiger partial charge on any atom is -0.464 e. The molecule has 3 rings (SSSR count). The van der Waals surface area contributed by atoms with Crippen LogP contribution in [0.3, 0.4) is 0 Å². The third kappa shape index (κ3) is 2.49. The first-order valence-electron chi connectivity index (χ1n) is 7.38. The van der Waals surface area contributed by atoms with Crippen molar-refractivity contribution in [2.24, 2.45) is 11.0 Å². The van der Waals surface area contributed by atoms with E-state index in [4.69, 9.17) is 11.6 Å². The lowest BCUT2D eigenvalue weighted by molar-refractivity contribution is -0.136. The van der Waals surface area contributed by atoms with Gasteiger partial charge in [-0.3, -0.25) is 14.4 Å². The molecular formula is C16H14ClN3O5. The van der Waals surface area contributed by atoms with Crippen LogP contribution in [-0.4, -0.2) is 47.6 Å². The maximum atomic E-state index is 12.8. The number of hydrogen-bond donors (Lipinski definition) is 0. The molecule has 0 N–H and O–H groups in total. The molecule has 1 aromatic rings. The number of rotatable bonds is 2. The molecule has 1 aromatic carbocycles. The molecule has 0 spiro atoms. The van der Waals surface area contributed by atoms with Crippen LogP contribution in [0.5, 0.6) is 0 Å². The van der Waals surface area contributed by atoms with Gasteiger partial charge in [-0.05, 0) is 24.6 Å². The van der Waals surface area contributed by atoms with Gasteiger partial charge >= 0.3 is 5.97 Å². The van der Waals surface area contributed by atoms with Crippen LogP contribution in [0, 0.1) is 12.8 Å². The SMILES string of the molecule is COC(=O)C1=NN(C(C)=O)[C@H]2C(=O)N(c3ccc(C)c(Cl)c3)C(=O)[C@@H]12. The van der Waals surface area contributed by atoms with Crippen LogP contribution in [0.2, 0.25) is 5.02 Å². The monoisotopic (exact) mass is 363 g/mol. The van der Waals surface area contributed by atoms with Crippen molar-refractivity contribution in [3.8, 4) is 0 Å². The van der Waals surface area contributed by atoms with Gasteiger partial charge in [-0.15, -0.1) is 0 Å². The summed E-state index contributed by atoms with van der Waals surface area (Å²) < 4.78 is 4.62. The number of carbonyl (C=O) groups excluding carboxylic acids is 4. The van der Waals surface area contributed by atoms with Gasteiger partial charge in [0.2, 0.25) is 11.8 Å². The summed E-state index contributed by atoms with van der Waals surface area (Å²) >= 11 is 6.08. The number of carbonyl (C=O) groups is 4. The van der Waals surface area contributed by atoms with Gasteiger partial charge in [0.15, 0.2) is 11.8 Å². The second-order valence-electron chi connectivity index (χ2n) is 5.71. The number of esters is 1. The fourth-order valence-corrected chi connectivity index (χ4v) is 3.10. The van der Waals surface area contributed by atoms with Crippen molar-refractivity contribution in [3.63, 3.8) is 0 Å². The Balaban J connectivity index is 2.07. The van der Waals surface area contributed by atoms with E-state index in [1.807, 2.05) is 0 Å². The number of methoxy groups -OCH3 is 1. The Hall–Kier alpha value is -2.74. The number of amides is 3. The summed E-state index contributed by atoms with van der Waals surface area (Å²) in [5.74, 6) is -3.90. The standard InChI is InChI=1S/C16H14ClN3O5/c1-7-4-5-9(6-10(7)17)19-14(22)11-12(16(24)25-3)18-20(8(2)21)13(11)15(19)23/h4-6,11,13H,1-3H3/t11-,13+/m0/s1. The number of halogens is 1. The van der Waals surface area contributed by atoms with Crippen LogP contribution < -0.4 is 4.90 Å². The highest BCUT2D eigenvalue weighted by Crippen LogP contribution is 2.36. The van der Waals surface area contributed by atoms with Crippen molar-refractivity contribution in [2.45, 2.75) is 19.9 Å². The number of anilines is 1. The Morgan fingerprint density at radius 3 is 2.48 bits per heavy atom. The van der Waals surface area contributed by atoms with Crippen molar-refractivity contribution in [3.05, 3.63) is 28.8 Å². The second-order valence-corrected chi connectivity index (χ2v) is 6.12. The molecule has 2 aliphatic rings. The summed E-state index contributed by atoms with van der Waals surface area (Å²) in [6.45, 7) is 2.98. The number of hydrazone groups is 1. The van der Waals surface area contributed by atoms with Crippen molar-refractivity contribution in [2.75, 3.05) is 12.0 Å². The molecule has 2 aliphatic heterocycles. The Kier molecular flexibility index (Phi) is 4.08. The lowest BCUT2D eigenvalue weighted by Crippen LogP contribution is -2.41. The number of imide groups is 1. The topological polar surface area (TPSA) is 96.3 Å². The summed E-state index contributed by atoms with van der Waals surface area (Å²) in [6.07, 6.45) is 0. The summed E-state index contributed by atoms with van der Waals surface area (Å²) in [5, 5.41) is 5.08. The maximum absolute atomic E-state index is 12.8. The lowest BCUT2D eigenvalue weighted by atomic mass is 9.98. The van der Waals surface area contributed by atoms with Gasteiger partial charge in [0, 0.05) is 11.9 Å². The molecule has 0 aliphatic carbocycles. The van der Waals surface area contributed by atoms with E-state index in [0.29, 0.717) is 5.02 Å². The van der Waals surface area contributed by atoms with Gasteiger partial charge in [0.05, 0.1) is 12.8 Å². The fourth-order valence-electron chi connectivity index (χ4n) is 2.92. The normalized spacial score (nSPS) is 22.2. The summed E-state index contributed by atoms with van der Waals surface area (Å²) in [4.78, 5) is 50.3. The van der Waals surface area contributed by atoms with E-state index < -0.39 is 35.7 Å². The quantitative estimate of drug-likeness (QED) is 0.574. The predicted octanol–water partition coefficient (Wildman–Crippen LogP) is 0.898. The smallest absolute Gasteiger partial charge is 0.355 e. The molecule has 0 saturated carbocycles. The molecule has 130 valence electrons. The van der Waals surface area contributed by atoms with Crippen LogP contribution in [-0.2, 0) is 23.9 Å². The zero-order valence-electron chi connectivity index (χ0n) is 13.6. The van der Waals surface area contributed by atoms with Crippen LogP contribution >= 0.6 is 11.6 Å². The summed E-state index contributed by atoms with van der Waals surface area (Å²) in [6, 6.07) is 3.54. The molecule has 9 heteroatoms. The number of nitrogens with zero attached hydrogens (tertiary/aromatic N) is 3. The van der Waals surface area contributed by atoms with Gasteiger partial charge in [-0.2, -0.15) is 5.10 Å². The number of benzene rings is 1. The van der Waals surface area contributed by atoms with Gasteiger partial charge in [-0.1, -0.05) is 17.7 Å². The summed E-state index contributed by atoms with van der Waals surface area (Å²) in [7, 11) is 1.13. The average Bonchev–Trinajstić information content (AvgIpc) is 3.08. The molecule has 25 heavy (non-hydrogen) atoms. The molecule has 1 fully saturated rings. The molecule has 0 radical (unpaired) electrons. The fraction of sp³-hybridized carbons (Fsp3) is 0.312. The molecule has 1 saturated heterocycles. The predicted molar refractivity (Wildman–Crippen MR) is 87.9 cm³/mol. The first-order valence-corrected chi connectivity index (χ1v) is 7.76. The van der Waals surface area contributed by atoms with E-state index >= 15 is 0 Å². The first-order chi connectivity index (χ1) is 11.8. The number of fused-ring (bicyclic) bond motifs is 1. The van der Waals surface area contributed by atoms with E-state index in [1.165, 1.54) is 13.0 Å². The van der Waals surface area contributed by atoms with Crippen LogP contribution in [0.15, 0.2) is 23.3 Å². The van der Waals surface area contributed by atoms with Crippen molar-refractivity contribution >= 4 is 46.7 Å². The highest BCUT2D eigenvalue weighted by Gasteiger charge is 2.59. The largest absolute Gasteiger partial charge is 0.464 e. The Morgan fingerprint density at radius 1 is 1.24 bits per heavy atom. The molecule has 2 heterocycles.